The van der Waals surface area contributed by atoms with Gasteiger partial charge in [0, 0.05) is 37.3 Å². The lowest BCUT2D eigenvalue weighted by molar-refractivity contribution is 0.0947. The van der Waals surface area contributed by atoms with Gasteiger partial charge in [0.1, 0.15) is 0 Å². The van der Waals surface area contributed by atoms with Gasteiger partial charge in [0.15, 0.2) is 0 Å². The molecule has 2 amide bonds. The Morgan fingerprint density at radius 2 is 1.09 bits per heavy atom. The van der Waals surface area contributed by atoms with Crippen molar-refractivity contribution in [2.45, 2.75) is 79.1 Å². The fraction of sp³-hybridized carbons (Fsp3) is 0.714. The number of nitrogens with one attached hydrogen (secondary N) is 2. The van der Waals surface area contributed by atoms with E-state index in [9.17, 15) is 9.59 Å². The van der Waals surface area contributed by atoms with Gasteiger partial charge < -0.3 is 20.4 Å². The topological polar surface area (TPSA) is 64.7 Å². The van der Waals surface area contributed by atoms with Gasteiger partial charge in [-0.15, -0.1) is 0 Å². The van der Waals surface area contributed by atoms with Crippen molar-refractivity contribution in [3.8, 4) is 0 Å². The van der Waals surface area contributed by atoms with E-state index in [-0.39, 0.29) is 11.8 Å². The first-order valence-electron chi connectivity index (χ1n) is 13.7. The Labute approximate surface area is 208 Å². The molecule has 6 heteroatoms. The smallest absolute Gasteiger partial charge is 0.251 e. The molecule has 0 heterocycles. The second-order valence-corrected chi connectivity index (χ2v) is 9.08. The zero-order valence-electron chi connectivity index (χ0n) is 22.3. The summed E-state index contributed by atoms with van der Waals surface area (Å²) in [6.07, 6.45) is 10.0. The summed E-state index contributed by atoms with van der Waals surface area (Å²) in [5.41, 5.74) is 1.06. The van der Waals surface area contributed by atoms with Crippen LogP contribution in [-0.2, 0) is 0 Å². The maximum absolute atomic E-state index is 12.6. The zero-order chi connectivity index (χ0) is 25.0. The second-order valence-electron chi connectivity index (χ2n) is 9.08. The minimum Gasteiger partial charge on any atom is -0.351 e. The Morgan fingerprint density at radius 3 is 1.47 bits per heavy atom. The van der Waals surface area contributed by atoms with Crippen molar-refractivity contribution >= 4 is 11.8 Å². The van der Waals surface area contributed by atoms with Gasteiger partial charge in [-0.2, -0.15) is 0 Å². The summed E-state index contributed by atoms with van der Waals surface area (Å²) in [4.78, 5) is 30.0. The van der Waals surface area contributed by atoms with Crippen LogP contribution in [0.3, 0.4) is 0 Å². The average Bonchev–Trinajstić information content (AvgIpc) is 2.86. The molecule has 34 heavy (non-hydrogen) atoms. The number of rotatable bonds is 20. The summed E-state index contributed by atoms with van der Waals surface area (Å²) >= 11 is 0. The Morgan fingerprint density at radius 1 is 0.647 bits per heavy atom. The van der Waals surface area contributed by atoms with E-state index >= 15 is 0 Å². The fourth-order valence-electron chi connectivity index (χ4n) is 4.04. The third-order valence-electron chi connectivity index (χ3n) is 6.36. The van der Waals surface area contributed by atoms with Crippen molar-refractivity contribution in [3.05, 3.63) is 35.4 Å². The standard InChI is InChI=1S/C28H50N4O2/c1-5-9-11-13-20-31(7-3)22-18-29-27(33)25-16-15-17-26(24-25)28(34)30-19-23-32(8-4)21-14-12-10-6-2/h15-17,24H,5-14,18-23H2,1-4H3,(H,29,33)(H,30,34). The summed E-state index contributed by atoms with van der Waals surface area (Å²) in [7, 11) is 0. The van der Waals surface area contributed by atoms with Crippen LogP contribution < -0.4 is 10.6 Å². The van der Waals surface area contributed by atoms with Crippen molar-refractivity contribution < 1.29 is 9.59 Å². The molecule has 0 aliphatic carbocycles. The van der Waals surface area contributed by atoms with Crippen LogP contribution in [0.5, 0.6) is 0 Å². The Hall–Kier alpha value is -1.92. The van der Waals surface area contributed by atoms with Crippen LogP contribution in [0, 0.1) is 0 Å². The minimum atomic E-state index is -0.124. The van der Waals surface area contributed by atoms with E-state index in [1.165, 1.54) is 51.4 Å². The third-order valence-corrected chi connectivity index (χ3v) is 6.36. The summed E-state index contributed by atoms with van der Waals surface area (Å²) in [5.74, 6) is -0.248. The van der Waals surface area contributed by atoms with Gasteiger partial charge in [-0.3, -0.25) is 9.59 Å². The van der Waals surface area contributed by atoms with Crippen molar-refractivity contribution in [2.75, 3.05) is 52.4 Å². The zero-order valence-corrected chi connectivity index (χ0v) is 22.3. The largest absolute Gasteiger partial charge is 0.351 e. The number of carbonyl (C=O) groups is 2. The molecule has 2 N–H and O–H groups in total. The molecule has 1 aromatic carbocycles. The molecule has 0 saturated carbocycles. The summed E-state index contributed by atoms with van der Waals surface area (Å²) in [6.45, 7) is 15.8. The molecule has 1 rings (SSSR count). The third kappa shape index (κ3) is 13.1. The highest BCUT2D eigenvalue weighted by Crippen LogP contribution is 2.06. The predicted octanol–water partition coefficient (Wildman–Crippen LogP) is 4.95. The number of hydrogen-bond donors (Lipinski definition) is 2. The monoisotopic (exact) mass is 474 g/mol. The SMILES string of the molecule is CCCCCCN(CC)CCNC(=O)c1cccc(C(=O)NCCN(CC)CCCCCC)c1. The number of unbranched alkanes of at least 4 members (excludes halogenated alkanes) is 6. The average molecular weight is 475 g/mol. The maximum atomic E-state index is 12.6. The highest BCUT2D eigenvalue weighted by molar-refractivity contribution is 5.99. The molecule has 0 aliphatic heterocycles. The van der Waals surface area contributed by atoms with Gasteiger partial charge in [-0.05, 0) is 57.2 Å². The van der Waals surface area contributed by atoms with Crippen LogP contribution >= 0.6 is 0 Å². The van der Waals surface area contributed by atoms with Crippen LogP contribution in [-0.4, -0.2) is 74.0 Å². The van der Waals surface area contributed by atoms with Gasteiger partial charge in [-0.1, -0.05) is 72.3 Å². The summed E-state index contributed by atoms with van der Waals surface area (Å²) < 4.78 is 0. The van der Waals surface area contributed by atoms with E-state index < -0.39 is 0 Å². The minimum absolute atomic E-state index is 0.124. The predicted molar refractivity (Wildman–Crippen MR) is 144 cm³/mol. The molecule has 0 atom stereocenters. The van der Waals surface area contributed by atoms with Crippen LogP contribution in [0.2, 0.25) is 0 Å². The molecular formula is C28H50N4O2. The van der Waals surface area contributed by atoms with E-state index in [1.54, 1.807) is 24.3 Å². The molecule has 0 saturated heterocycles. The molecule has 0 aliphatic rings. The number of amides is 2. The molecule has 6 nitrogen and oxygen atoms in total. The highest BCUT2D eigenvalue weighted by atomic mass is 16.2. The molecule has 0 unspecified atom stereocenters. The van der Waals surface area contributed by atoms with Crippen molar-refractivity contribution in [1.29, 1.82) is 0 Å². The summed E-state index contributed by atoms with van der Waals surface area (Å²) in [6, 6.07) is 7.00. The van der Waals surface area contributed by atoms with Crippen LogP contribution in [0.15, 0.2) is 24.3 Å². The number of likely N-dealkylation sites (N-methyl/N-ethyl adjacent to an activating group) is 2. The van der Waals surface area contributed by atoms with Crippen molar-refractivity contribution in [3.63, 3.8) is 0 Å². The van der Waals surface area contributed by atoms with Crippen molar-refractivity contribution in [1.82, 2.24) is 20.4 Å². The Bertz CT molecular complexity index is 627. The van der Waals surface area contributed by atoms with Crippen LogP contribution in [0.4, 0.5) is 0 Å². The lowest BCUT2D eigenvalue weighted by Crippen LogP contribution is -2.36. The Kier molecular flexibility index (Phi) is 17.2. The first-order chi connectivity index (χ1) is 16.5. The van der Waals surface area contributed by atoms with Crippen molar-refractivity contribution in [2.24, 2.45) is 0 Å². The van der Waals surface area contributed by atoms with E-state index in [0.29, 0.717) is 24.2 Å². The van der Waals surface area contributed by atoms with Crippen LogP contribution in [0.1, 0.15) is 99.8 Å². The van der Waals surface area contributed by atoms with Gasteiger partial charge in [0.05, 0.1) is 0 Å². The number of nitrogens with zero attached hydrogens (tertiary/aromatic N) is 2. The molecule has 1 aromatic rings. The number of benzene rings is 1. The molecule has 0 radical (unpaired) electrons. The molecule has 0 aromatic heterocycles. The molecular weight excluding hydrogens is 424 g/mol. The van der Waals surface area contributed by atoms with E-state index in [4.69, 9.17) is 0 Å². The van der Waals surface area contributed by atoms with E-state index in [2.05, 4.69) is 48.1 Å². The number of hydrogen-bond acceptors (Lipinski definition) is 4. The van der Waals surface area contributed by atoms with Gasteiger partial charge in [0.25, 0.3) is 11.8 Å². The first kappa shape index (κ1) is 30.1. The first-order valence-corrected chi connectivity index (χ1v) is 13.7. The van der Waals surface area contributed by atoms with Gasteiger partial charge >= 0.3 is 0 Å². The van der Waals surface area contributed by atoms with E-state index in [1.807, 2.05) is 0 Å². The maximum Gasteiger partial charge on any atom is 0.251 e. The molecule has 0 fully saturated rings. The lowest BCUT2D eigenvalue weighted by Gasteiger charge is -2.20. The fourth-order valence-corrected chi connectivity index (χ4v) is 4.04. The number of carbonyl (C=O) groups excluding carboxylic acids is 2. The lowest BCUT2D eigenvalue weighted by atomic mass is 10.1. The molecule has 0 spiro atoms. The Balaban J connectivity index is 2.41. The normalized spacial score (nSPS) is 11.2. The van der Waals surface area contributed by atoms with Crippen LogP contribution in [0.25, 0.3) is 0 Å². The van der Waals surface area contributed by atoms with Gasteiger partial charge in [0.2, 0.25) is 0 Å². The molecule has 194 valence electrons. The van der Waals surface area contributed by atoms with E-state index in [0.717, 1.165) is 39.3 Å². The molecule has 0 bridgehead atoms. The second kappa shape index (κ2) is 19.4. The summed E-state index contributed by atoms with van der Waals surface area (Å²) in [5, 5.41) is 6.01. The highest BCUT2D eigenvalue weighted by Gasteiger charge is 2.11. The quantitative estimate of drug-likeness (QED) is 0.263. The van der Waals surface area contributed by atoms with Gasteiger partial charge in [-0.25, -0.2) is 0 Å².